The van der Waals surface area contributed by atoms with Crippen molar-refractivity contribution in [3.05, 3.63) is 22.5 Å². The van der Waals surface area contributed by atoms with Crippen LogP contribution in [0.1, 0.15) is 35.5 Å². The fraction of sp³-hybridized carbons (Fsp3) is 0.688. The minimum atomic E-state index is 0.832. The van der Waals surface area contributed by atoms with Crippen molar-refractivity contribution in [1.82, 2.24) is 19.6 Å². The second kappa shape index (κ2) is 5.38. The Morgan fingerprint density at radius 1 is 1.33 bits per heavy atom. The highest BCUT2D eigenvalue weighted by Gasteiger charge is 2.34. The summed E-state index contributed by atoms with van der Waals surface area (Å²) < 4.78 is 2.26. The number of nitrogens with one attached hydrogen (secondary N) is 1. The molecule has 0 amide bonds. The van der Waals surface area contributed by atoms with Crippen molar-refractivity contribution < 1.29 is 0 Å². The summed E-state index contributed by atoms with van der Waals surface area (Å²) >= 11 is 1.77. The summed E-state index contributed by atoms with van der Waals surface area (Å²) in [6, 6.07) is 0.931. The van der Waals surface area contributed by atoms with E-state index in [-0.39, 0.29) is 0 Å². The first-order valence-electron chi connectivity index (χ1n) is 8.09. The van der Waals surface area contributed by atoms with Crippen LogP contribution in [0.15, 0.2) is 6.20 Å². The quantitative estimate of drug-likeness (QED) is 0.921. The molecule has 1 saturated carbocycles. The maximum Gasteiger partial charge on any atom is 0.194 e. The van der Waals surface area contributed by atoms with Crippen molar-refractivity contribution in [2.75, 3.05) is 19.6 Å². The Bertz CT molecular complexity index is 640. The molecular formula is C16H24N4S. The van der Waals surface area contributed by atoms with E-state index in [0.717, 1.165) is 30.0 Å². The zero-order chi connectivity index (χ0) is 14.4. The molecule has 2 fully saturated rings. The fourth-order valence-electron chi connectivity index (χ4n) is 3.52. The highest BCUT2D eigenvalue weighted by atomic mass is 32.1. The molecule has 2 aromatic rings. The van der Waals surface area contributed by atoms with Gasteiger partial charge in [0.25, 0.3) is 0 Å². The Kier molecular flexibility index (Phi) is 3.52. The van der Waals surface area contributed by atoms with Gasteiger partial charge in [-0.1, -0.05) is 0 Å². The molecule has 2 aromatic heterocycles. The van der Waals surface area contributed by atoms with Crippen molar-refractivity contribution in [2.24, 2.45) is 5.92 Å². The molecule has 2 aliphatic rings. The first-order chi connectivity index (χ1) is 10.2. The van der Waals surface area contributed by atoms with E-state index in [1.807, 2.05) is 0 Å². The first-order valence-corrected chi connectivity index (χ1v) is 8.91. The topological polar surface area (TPSA) is 32.6 Å². The summed E-state index contributed by atoms with van der Waals surface area (Å²) in [6.07, 6.45) is 6.44. The molecule has 114 valence electrons. The minimum Gasteiger partial charge on any atom is -0.311 e. The molecule has 0 bridgehead atoms. The summed E-state index contributed by atoms with van der Waals surface area (Å²) in [5, 5.41) is 3.67. The van der Waals surface area contributed by atoms with E-state index in [9.17, 15) is 0 Å². The number of likely N-dealkylation sites (tertiary alicyclic amines) is 1. The highest BCUT2D eigenvalue weighted by molar-refractivity contribution is 7.17. The van der Waals surface area contributed by atoms with Crippen molar-refractivity contribution in [2.45, 2.75) is 45.7 Å². The number of aryl methyl sites for hydroxylation is 2. The number of thiazole rings is 1. The average molecular weight is 304 g/mol. The first kappa shape index (κ1) is 13.7. The third kappa shape index (κ3) is 2.74. The molecule has 1 N–H and O–H groups in total. The van der Waals surface area contributed by atoms with Gasteiger partial charge in [-0.25, -0.2) is 4.98 Å². The zero-order valence-corrected chi connectivity index (χ0v) is 13.7. The lowest BCUT2D eigenvalue weighted by Gasteiger charge is -2.15. The average Bonchev–Trinajstić information content (AvgIpc) is 2.99. The molecule has 4 nitrogen and oxygen atoms in total. The number of aromatic nitrogens is 2. The number of imidazole rings is 1. The van der Waals surface area contributed by atoms with E-state index in [0.29, 0.717) is 0 Å². The van der Waals surface area contributed by atoms with Crippen LogP contribution < -0.4 is 5.32 Å². The lowest BCUT2D eigenvalue weighted by molar-refractivity contribution is 0.311. The Balaban J connectivity index is 1.34. The Morgan fingerprint density at radius 2 is 2.19 bits per heavy atom. The van der Waals surface area contributed by atoms with Gasteiger partial charge in [0.05, 0.1) is 11.4 Å². The molecule has 4 rings (SSSR count). The Hall–Kier alpha value is -0.910. The van der Waals surface area contributed by atoms with Crippen LogP contribution in [0.4, 0.5) is 0 Å². The summed E-state index contributed by atoms with van der Waals surface area (Å²) in [5.41, 5.74) is 2.49. The zero-order valence-electron chi connectivity index (χ0n) is 12.9. The van der Waals surface area contributed by atoms with Gasteiger partial charge in [0, 0.05) is 30.2 Å². The van der Waals surface area contributed by atoms with Gasteiger partial charge in [-0.3, -0.25) is 4.40 Å². The second-order valence-corrected chi connectivity index (χ2v) is 7.86. The van der Waals surface area contributed by atoms with E-state index < -0.39 is 0 Å². The molecule has 1 atom stereocenters. The molecule has 0 aromatic carbocycles. The van der Waals surface area contributed by atoms with E-state index in [1.165, 1.54) is 48.6 Å². The normalized spacial score (nSPS) is 23.4. The van der Waals surface area contributed by atoms with Crippen LogP contribution >= 0.6 is 11.3 Å². The highest BCUT2D eigenvalue weighted by Crippen LogP contribution is 2.31. The third-order valence-electron chi connectivity index (χ3n) is 4.85. The summed E-state index contributed by atoms with van der Waals surface area (Å²) in [6.45, 7) is 8.96. The van der Waals surface area contributed by atoms with Gasteiger partial charge in [-0.05, 0) is 52.1 Å². The minimum absolute atomic E-state index is 0.832. The Morgan fingerprint density at radius 3 is 3.00 bits per heavy atom. The lowest BCUT2D eigenvalue weighted by atomic mass is 10.1. The standard InChI is InChI=1S/C16H24N4S/c1-11-9-20-15(12(2)18-16(20)21-11)8-17-7-13-5-6-19(10-13)14-3-4-14/h9,13-14,17H,3-8,10H2,1-2H3. The molecule has 1 aliphatic carbocycles. The van der Waals surface area contributed by atoms with Crippen LogP contribution in [-0.2, 0) is 6.54 Å². The van der Waals surface area contributed by atoms with E-state index in [4.69, 9.17) is 0 Å². The van der Waals surface area contributed by atoms with Gasteiger partial charge in [0.15, 0.2) is 4.96 Å². The van der Waals surface area contributed by atoms with Crippen molar-refractivity contribution in [3.63, 3.8) is 0 Å². The van der Waals surface area contributed by atoms with Gasteiger partial charge >= 0.3 is 0 Å². The van der Waals surface area contributed by atoms with Crippen molar-refractivity contribution >= 4 is 16.3 Å². The predicted molar refractivity (Wildman–Crippen MR) is 87.0 cm³/mol. The number of fused-ring (bicyclic) bond motifs is 1. The molecular weight excluding hydrogens is 280 g/mol. The third-order valence-corrected chi connectivity index (χ3v) is 5.74. The number of hydrogen-bond acceptors (Lipinski definition) is 4. The number of nitrogens with zero attached hydrogens (tertiary/aromatic N) is 3. The van der Waals surface area contributed by atoms with E-state index in [1.54, 1.807) is 11.3 Å². The van der Waals surface area contributed by atoms with Crippen LogP contribution in [0.3, 0.4) is 0 Å². The molecule has 1 unspecified atom stereocenters. The van der Waals surface area contributed by atoms with E-state index in [2.05, 4.69) is 39.6 Å². The fourth-order valence-corrected chi connectivity index (χ4v) is 4.41. The van der Waals surface area contributed by atoms with Gasteiger partial charge in [-0.2, -0.15) is 0 Å². The van der Waals surface area contributed by atoms with Crippen molar-refractivity contribution in [3.8, 4) is 0 Å². The van der Waals surface area contributed by atoms with Gasteiger partial charge in [0.2, 0.25) is 0 Å². The van der Waals surface area contributed by atoms with Crippen LogP contribution in [0.2, 0.25) is 0 Å². The van der Waals surface area contributed by atoms with Gasteiger partial charge in [-0.15, -0.1) is 11.3 Å². The maximum absolute atomic E-state index is 4.66. The molecule has 0 spiro atoms. The molecule has 3 heterocycles. The second-order valence-electron chi connectivity index (χ2n) is 6.65. The summed E-state index contributed by atoms with van der Waals surface area (Å²) in [7, 11) is 0. The van der Waals surface area contributed by atoms with Crippen LogP contribution in [0.25, 0.3) is 4.96 Å². The lowest BCUT2D eigenvalue weighted by Crippen LogP contribution is -2.27. The van der Waals surface area contributed by atoms with E-state index >= 15 is 0 Å². The molecule has 1 saturated heterocycles. The predicted octanol–water partition coefficient (Wildman–Crippen LogP) is 2.59. The molecule has 21 heavy (non-hydrogen) atoms. The summed E-state index contributed by atoms with van der Waals surface area (Å²) in [5.74, 6) is 0.832. The monoisotopic (exact) mass is 304 g/mol. The van der Waals surface area contributed by atoms with Crippen LogP contribution in [-0.4, -0.2) is 40.0 Å². The van der Waals surface area contributed by atoms with Crippen LogP contribution in [0.5, 0.6) is 0 Å². The van der Waals surface area contributed by atoms with Gasteiger partial charge < -0.3 is 10.2 Å². The number of hydrogen-bond donors (Lipinski definition) is 1. The van der Waals surface area contributed by atoms with Crippen LogP contribution in [0, 0.1) is 19.8 Å². The molecule has 0 radical (unpaired) electrons. The molecule has 1 aliphatic heterocycles. The van der Waals surface area contributed by atoms with Gasteiger partial charge in [0.1, 0.15) is 0 Å². The molecule has 5 heteroatoms. The summed E-state index contributed by atoms with van der Waals surface area (Å²) in [4.78, 5) is 9.81. The Labute approximate surface area is 130 Å². The number of rotatable bonds is 5. The van der Waals surface area contributed by atoms with Crippen molar-refractivity contribution in [1.29, 1.82) is 0 Å². The maximum atomic E-state index is 4.66. The largest absolute Gasteiger partial charge is 0.311 e. The smallest absolute Gasteiger partial charge is 0.194 e. The SMILES string of the molecule is Cc1cn2c(CNCC3CCN(C4CC4)C3)c(C)nc2s1.